The molecule has 1 heterocycles. The molecule has 0 saturated carbocycles. The maximum atomic E-state index is 11.9. The summed E-state index contributed by atoms with van der Waals surface area (Å²) in [6, 6.07) is 0. The quantitative estimate of drug-likeness (QED) is 0.746. The Hall–Kier alpha value is -1.35. The van der Waals surface area contributed by atoms with Gasteiger partial charge in [0.15, 0.2) is 0 Å². The molecule has 0 spiro atoms. The van der Waals surface area contributed by atoms with Gasteiger partial charge in [-0.2, -0.15) is 0 Å². The third-order valence-corrected chi connectivity index (χ3v) is 4.62. The fraction of sp³-hybridized carbons (Fsp3) is 0.857. The van der Waals surface area contributed by atoms with Crippen LogP contribution < -0.4 is 10.5 Å². The number of hydrogen-bond donors (Lipinski definition) is 2. The summed E-state index contributed by atoms with van der Waals surface area (Å²) in [7, 11) is -3.72. The van der Waals surface area contributed by atoms with Gasteiger partial charge in [0.05, 0.1) is 0 Å². The van der Waals surface area contributed by atoms with E-state index in [1.807, 2.05) is 13.8 Å². The molecule has 134 valence electrons. The molecule has 1 atom stereocenters. The highest BCUT2D eigenvalue weighted by Crippen LogP contribution is 2.23. The summed E-state index contributed by atoms with van der Waals surface area (Å²) in [5.74, 6) is -0.241. The molecule has 0 aromatic rings. The SMILES string of the molecule is CC(C)(CNC(=O)OC(C)(C)C)CN1CC(S(N)(=O)=O)CC1=O. The maximum absolute atomic E-state index is 11.9. The monoisotopic (exact) mass is 349 g/mol. The Labute approximate surface area is 137 Å². The van der Waals surface area contributed by atoms with Crippen molar-refractivity contribution in [3.8, 4) is 0 Å². The van der Waals surface area contributed by atoms with Crippen molar-refractivity contribution in [2.75, 3.05) is 19.6 Å². The predicted molar refractivity (Wildman–Crippen MR) is 86.1 cm³/mol. The second kappa shape index (κ2) is 6.64. The predicted octanol–water partition coefficient (Wildman–Crippen LogP) is 0.427. The molecule has 1 unspecified atom stereocenters. The van der Waals surface area contributed by atoms with Crippen LogP contribution in [0, 0.1) is 5.41 Å². The zero-order valence-corrected chi connectivity index (χ0v) is 15.2. The first-order valence-electron chi connectivity index (χ1n) is 7.46. The number of alkyl carbamates (subject to hydrolysis) is 1. The number of carbonyl (C=O) groups is 2. The van der Waals surface area contributed by atoms with E-state index in [2.05, 4.69) is 5.32 Å². The lowest BCUT2D eigenvalue weighted by Gasteiger charge is -2.31. The largest absolute Gasteiger partial charge is 0.444 e. The van der Waals surface area contributed by atoms with Crippen molar-refractivity contribution >= 4 is 22.0 Å². The minimum Gasteiger partial charge on any atom is -0.444 e. The molecule has 1 aliphatic rings. The number of likely N-dealkylation sites (tertiary alicyclic amines) is 1. The topological polar surface area (TPSA) is 119 Å². The highest BCUT2D eigenvalue weighted by Gasteiger charge is 2.38. The Morgan fingerprint density at radius 2 is 1.91 bits per heavy atom. The van der Waals surface area contributed by atoms with Crippen LogP contribution in [0.15, 0.2) is 0 Å². The normalized spacial score (nSPS) is 19.8. The average Bonchev–Trinajstić information content (AvgIpc) is 2.66. The lowest BCUT2D eigenvalue weighted by atomic mass is 9.93. The Morgan fingerprint density at radius 3 is 2.35 bits per heavy atom. The first-order valence-corrected chi connectivity index (χ1v) is 9.07. The zero-order valence-electron chi connectivity index (χ0n) is 14.4. The number of ether oxygens (including phenoxy) is 1. The average molecular weight is 349 g/mol. The summed E-state index contributed by atoms with van der Waals surface area (Å²) in [4.78, 5) is 25.1. The van der Waals surface area contributed by atoms with Crippen molar-refractivity contribution in [1.29, 1.82) is 0 Å². The van der Waals surface area contributed by atoms with Crippen LogP contribution in [0.4, 0.5) is 4.79 Å². The molecule has 8 nitrogen and oxygen atoms in total. The molecule has 3 N–H and O–H groups in total. The summed E-state index contributed by atoms with van der Waals surface area (Å²) in [6.45, 7) is 9.78. The molecular weight excluding hydrogens is 322 g/mol. The standard InChI is InChI=1S/C14H27N3O5S/c1-13(2,3)22-12(19)16-8-14(4,5)9-17-7-10(6-11(17)18)23(15,20)21/h10H,6-9H2,1-5H3,(H,16,19)(H2,15,20,21). The molecule has 9 heteroatoms. The van der Waals surface area contributed by atoms with Gasteiger partial charge in [0.2, 0.25) is 15.9 Å². The first-order chi connectivity index (χ1) is 10.2. The Kier molecular flexibility index (Phi) is 5.69. The van der Waals surface area contributed by atoms with Gasteiger partial charge in [-0.25, -0.2) is 18.4 Å². The van der Waals surface area contributed by atoms with E-state index in [-0.39, 0.29) is 18.9 Å². The van der Waals surface area contributed by atoms with E-state index < -0.39 is 32.4 Å². The number of nitrogens with two attached hydrogens (primary N) is 1. The lowest BCUT2D eigenvalue weighted by molar-refractivity contribution is -0.128. The van der Waals surface area contributed by atoms with Gasteiger partial charge >= 0.3 is 6.09 Å². The van der Waals surface area contributed by atoms with Crippen LogP contribution in [0.2, 0.25) is 0 Å². The highest BCUT2D eigenvalue weighted by atomic mass is 32.2. The van der Waals surface area contributed by atoms with Crippen LogP contribution in [0.5, 0.6) is 0 Å². The van der Waals surface area contributed by atoms with Crippen LogP contribution in [0.1, 0.15) is 41.0 Å². The number of primary sulfonamides is 1. The molecule has 0 aromatic heterocycles. The van der Waals surface area contributed by atoms with Crippen LogP contribution in [0.25, 0.3) is 0 Å². The van der Waals surface area contributed by atoms with E-state index in [1.165, 1.54) is 4.90 Å². The molecule has 1 aliphatic heterocycles. The molecule has 1 fully saturated rings. The van der Waals surface area contributed by atoms with Crippen molar-refractivity contribution in [3.63, 3.8) is 0 Å². The van der Waals surface area contributed by atoms with Gasteiger partial charge in [0.25, 0.3) is 0 Å². The molecule has 0 radical (unpaired) electrons. The second-order valence-electron chi connectivity index (χ2n) is 7.71. The molecule has 1 saturated heterocycles. The van der Waals surface area contributed by atoms with E-state index in [1.54, 1.807) is 20.8 Å². The van der Waals surface area contributed by atoms with Gasteiger partial charge in [-0.05, 0) is 26.2 Å². The molecule has 2 amide bonds. The molecule has 0 bridgehead atoms. The van der Waals surface area contributed by atoms with E-state index in [0.29, 0.717) is 13.1 Å². The molecule has 1 rings (SSSR count). The summed E-state index contributed by atoms with van der Waals surface area (Å²) >= 11 is 0. The second-order valence-corrected chi connectivity index (χ2v) is 9.55. The van der Waals surface area contributed by atoms with Crippen LogP contribution in [-0.2, 0) is 19.6 Å². The number of hydrogen-bond acceptors (Lipinski definition) is 5. The lowest BCUT2D eigenvalue weighted by Crippen LogP contribution is -2.44. The van der Waals surface area contributed by atoms with Crippen molar-refractivity contribution in [1.82, 2.24) is 10.2 Å². The fourth-order valence-electron chi connectivity index (χ4n) is 2.31. The number of rotatable bonds is 5. The fourth-order valence-corrected chi connectivity index (χ4v) is 3.07. The maximum Gasteiger partial charge on any atom is 0.407 e. The molecule has 0 aromatic carbocycles. The smallest absolute Gasteiger partial charge is 0.407 e. The van der Waals surface area contributed by atoms with Gasteiger partial charge in [-0.1, -0.05) is 13.8 Å². The number of sulfonamides is 1. The summed E-state index contributed by atoms with van der Waals surface area (Å²) in [6.07, 6.45) is -0.616. The van der Waals surface area contributed by atoms with Gasteiger partial charge in [-0.15, -0.1) is 0 Å². The molecule has 0 aliphatic carbocycles. The van der Waals surface area contributed by atoms with E-state index >= 15 is 0 Å². The van der Waals surface area contributed by atoms with Gasteiger partial charge in [0, 0.05) is 26.1 Å². The number of amides is 2. The van der Waals surface area contributed by atoms with Gasteiger partial charge in [0.1, 0.15) is 10.9 Å². The Balaban J connectivity index is 2.55. The summed E-state index contributed by atoms with van der Waals surface area (Å²) in [5, 5.41) is 6.92. The molecular formula is C14H27N3O5S. The van der Waals surface area contributed by atoms with Crippen LogP contribution >= 0.6 is 0 Å². The van der Waals surface area contributed by atoms with Gasteiger partial charge in [-0.3, -0.25) is 4.79 Å². The third kappa shape index (κ3) is 6.74. The Morgan fingerprint density at radius 1 is 1.35 bits per heavy atom. The van der Waals surface area contributed by atoms with Crippen molar-refractivity contribution in [3.05, 3.63) is 0 Å². The van der Waals surface area contributed by atoms with Crippen molar-refractivity contribution in [2.45, 2.75) is 51.9 Å². The first kappa shape index (κ1) is 19.7. The van der Waals surface area contributed by atoms with E-state index in [9.17, 15) is 18.0 Å². The van der Waals surface area contributed by atoms with E-state index in [4.69, 9.17) is 9.88 Å². The van der Waals surface area contributed by atoms with Crippen LogP contribution in [-0.4, -0.2) is 55.8 Å². The van der Waals surface area contributed by atoms with Crippen molar-refractivity contribution in [2.24, 2.45) is 10.6 Å². The van der Waals surface area contributed by atoms with Gasteiger partial charge < -0.3 is 15.0 Å². The van der Waals surface area contributed by atoms with E-state index in [0.717, 1.165) is 0 Å². The Bertz CT molecular complexity index is 565. The minimum atomic E-state index is -3.72. The van der Waals surface area contributed by atoms with Crippen molar-refractivity contribution < 1.29 is 22.7 Å². The summed E-state index contributed by atoms with van der Waals surface area (Å²) in [5.41, 5.74) is -1.01. The summed E-state index contributed by atoms with van der Waals surface area (Å²) < 4.78 is 27.9. The van der Waals surface area contributed by atoms with Crippen LogP contribution in [0.3, 0.4) is 0 Å². The molecule has 23 heavy (non-hydrogen) atoms. The number of nitrogens with zero attached hydrogens (tertiary/aromatic N) is 1. The number of nitrogens with one attached hydrogen (secondary N) is 1. The minimum absolute atomic E-state index is 0.0889. The zero-order chi connectivity index (χ0) is 18.1. The number of carbonyl (C=O) groups excluding carboxylic acids is 2. The highest BCUT2D eigenvalue weighted by molar-refractivity contribution is 7.89. The third-order valence-electron chi connectivity index (χ3n) is 3.37.